The van der Waals surface area contributed by atoms with Crippen LogP contribution in [0.3, 0.4) is 0 Å². The van der Waals surface area contributed by atoms with E-state index >= 15 is 0 Å². The molecular formula is C15H17N3O4S. The molecule has 0 unspecified atom stereocenters. The van der Waals surface area contributed by atoms with Gasteiger partial charge in [0.2, 0.25) is 5.91 Å². The molecule has 23 heavy (non-hydrogen) atoms. The van der Waals surface area contributed by atoms with Gasteiger partial charge >= 0.3 is 5.97 Å². The van der Waals surface area contributed by atoms with Gasteiger partial charge in [0.05, 0.1) is 29.7 Å². The molecule has 2 N–H and O–H groups in total. The predicted molar refractivity (Wildman–Crippen MR) is 87.1 cm³/mol. The molecule has 0 saturated carbocycles. The molecule has 0 aliphatic carbocycles. The Hall–Kier alpha value is -2.35. The number of fused-ring (bicyclic) bond motifs is 1. The van der Waals surface area contributed by atoms with E-state index in [1.54, 1.807) is 31.2 Å². The third kappa shape index (κ3) is 3.89. The zero-order valence-corrected chi connectivity index (χ0v) is 13.6. The van der Waals surface area contributed by atoms with Gasteiger partial charge in [-0.3, -0.25) is 19.0 Å². The molecular weight excluding hydrogens is 318 g/mol. The number of nitrogens with zero attached hydrogens (tertiary/aromatic N) is 2. The second-order valence-corrected chi connectivity index (χ2v) is 6.16. The van der Waals surface area contributed by atoms with Crippen molar-refractivity contribution in [3.63, 3.8) is 0 Å². The minimum atomic E-state index is -0.549. The number of methoxy groups -OCH3 is 1. The summed E-state index contributed by atoms with van der Waals surface area (Å²) < 4.78 is 5.98. The van der Waals surface area contributed by atoms with Gasteiger partial charge in [0.25, 0.3) is 5.56 Å². The Morgan fingerprint density at radius 1 is 1.39 bits per heavy atom. The second-order valence-electron chi connectivity index (χ2n) is 4.86. The van der Waals surface area contributed by atoms with Crippen LogP contribution in [0.2, 0.25) is 0 Å². The summed E-state index contributed by atoms with van der Waals surface area (Å²) in [4.78, 5) is 39.7. The third-order valence-electron chi connectivity index (χ3n) is 3.28. The van der Waals surface area contributed by atoms with Gasteiger partial charge in [-0.05, 0) is 19.1 Å². The smallest absolute Gasteiger partial charge is 0.307 e. The van der Waals surface area contributed by atoms with Crippen LogP contribution in [-0.4, -0.2) is 33.8 Å². The maximum Gasteiger partial charge on any atom is 0.307 e. The molecule has 0 spiro atoms. The van der Waals surface area contributed by atoms with Gasteiger partial charge in [0.1, 0.15) is 0 Å². The zero-order valence-electron chi connectivity index (χ0n) is 12.8. The van der Waals surface area contributed by atoms with Gasteiger partial charge in [-0.2, -0.15) is 0 Å². The lowest BCUT2D eigenvalue weighted by atomic mass is 10.2. The van der Waals surface area contributed by atoms with Crippen LogP contribution in [0.4, 0.5) is 0 Å². The first-order valence-corrected chi connectivity index (χ1v) is 7.84. The molecule has 8 heteroatoms. The Labute approximate surface area is 136 Å². The van der Waals surface area contributed by atoms with E-state index in [4.69, 9.17) is 5.73 Å². The Kier molecular flexibility index (Phi) is 5.38. The molecule has 1 heterocycles. The first-order chi connectivity index (χ1) is 10.9. The predicted octanol–water partition coefficient (Wildman–Crippen LogP) is 0.925. The minimum absolute atomic E-state index is 0.0366. The fourth-order valence-corrected chi connectivity index (χ4v) is 2.84. The minimum Gasteiger partial charge on any atom is -0.469 e. The number of hydrogen-bond acceptors (Lipinski definition) is 6. The quantitative estimate of drug-likeness (QED) is 0.478. The molecule has 7 nitrogen and oxygen atoms in total. The molecule has 0 saturated heterocycles. The van der Waals surface area contributed by atoms with Gasteiger partial charge in [0, 0.05) is 6.54 Å². The van der Waals surface area contributed by atoms with Crippen molar-refractivity contribution in [2.45, 2.75) is 30.3 Å². The van der Waals surface area contributed by atoms with E-state index in [2.05, 4.69) is 9.72 Å². The number of hydrogen-bond donors (Lipinski definition) is 1. The van der Waals surface area contributed by atoms with Crippen molar-refractivity contribution in [1.82, 2.24) is 9.55 Å². The molecule has 0 bridgehead atoms. The zero-order chi connectivity index (χ0) is 17.0. The summed E-state index contributed by atoms with van der Waals surface area (Å²) >= 11 is 1.09. The maximum atomic E-state index is 12.6. The fourth-order valence-electron chi connectivity index (χ4n) is 1.96. The number of aromatic nitrogens is 2. The van der Waals surface area contributed by atoms with Gasteiger partial charge < -0.3 is 10.5 Å². The van der Waals surface area contributed by atoms with Crippen LogP contribution in [-0.2, 0) is 20.9 Å². The van der Waals surface area contributed by atoms with Crippen molar-refractivity contribution in [2.24, 2.45) is 5.73 Å². The SMILES string of the molecule is COC(=O)CCn1c(S[C@H](C)C(N)=O)nc2ccccc2c1=O. The third-order valence-corrected chi connectivity index (χ3v) is 4.39. The summed E-state index contributed by atoms with van der Waals surface area (Å²) in [5.74, 6) is -0.930. The number of esters is 1. The van der Waals surface area contributed by atoms with Crippen molar-refractivity contribution >= 4 is 34.5 Å². The molecule has 1 amide bonds. The van der Waals surface area contributed by atoms with Crippen LogP contribution >= 0.6 is 11.8 Å². The highest BCUT2D eigenvalue weighted by molar-refractivity contribution is 8.00. The number of carbonyl (C=O) groups excluding carboxylic acids is 2. The van der Waals surface area contributed by atoms with Crippen molar-refractivity contribution < 1.29 is 14.3 Å². The topological polar surface area (TPSA) is 104 Å². The lowest BCUT2D eigenvalue weighted by Gasteiger charge is -2.14. The van der Waals surface area contributed by atoms with E-state index in [1.165, 1.54) is 11.7 Å². The van der Waals surface area contributed by atoms with Crippen LogP contribution in [0.5, 0.6) is 0 Å². The summed E-state index contributed by atoms with van der Waals surface area (Å²) in [6.45, 7) is 1.76. The molecule has 0 fully saturated rings. The molecule has 0 aliphatic rings. The van der Waals surface area contributed by atoms with Gasteiger partial charge in [-0.15, -0.1) is 0 Å². The Morgan fingerprint density at radius 2 is 2.09 bits per heavy atom. The highest BCUT2D eigenvalue weighted by Crippen LogP contribution is 2.22. The Morgan fingerprint density at radius 3 is 2.74 bits per heavy atom. The normalized spacial score (nSPS) is 12.1. The molecule has 1 aromatic carbocycles. The number of rotatable bonds is 6. The van der Waals surface area contributed by atoms with Crippen LogP contribution in [0.25, 0.3) is 10.9 Å². The number of para-hydroxylation sites is 1. The van der Waals surface area contributed by atoms with Crippen molar-refractivity contribution in [1.29, 1.82) is 0 Å². The summed E-state index contributed by atoms with van der Waals surface area (Å²) in [7, 11) is 1.29. The lowest BCUT2D eigenvalue weighted by molar-refractivity contribution is -0.140. The van der Waals surface area contributed by atoms with E-state index in [9.17, 15) is 14.4 Å². The van der Waals surface area contributed by atoms with Crippen LogP contribution in [0, 0.1) is 0 Å². The summed E-state index contributed by atoms with van der Waals surface area (Å²) in [6.07, 6.45) is 0.0366. The molecule has 1 aromatic heterocycles. The lowest BCUT2D eigenvalue weighted by Crippen LogP contribution is -2.28. The molecule has 2 rings (SSSR count). The van der Waals surface area contributed by atoms with E-state index in [-0.39, 0.29) is 18.5 Å². The van der Waals surface area contributed by atoms with Gasteiger partial charge in [0.15, 0.2) is 5.16 Å². The summed E-state index contributed by atoms with van der Waals surface area (Å²) in [5.41, 5.74) is 5.55. The molecule has 0 radical (unpaired) electrons. The fraction of sp³-hybridized carbons (Fsp3) is 0.333. The van der Waals surface area contributed by atoms with E-state index in [0.717, 1.165) is 11.8 Å². The van der Waals surface area contributed by atoms with Crippen molar-refractivity contribution in [3.8, 4) is 0 Å². The highest BCUT2D eigenvalue weighted by Gasteiger charge is 2.18. The number of ether oxygens (including phenoxy) is 1. The molecule has 2 aromatic rings. The molecule has 122 valence electrons. The Balaban J connectivity index is 2.50. The van der Waals surface area contributed by atoms with E-state index in [1.807, 2.05) is 0 Å². The van der Waals surface area contributed by atoms with Crippen LogP contribution in [0.1, 0.15) is 13.3 Å². The average molecular weight is 335 g/mol. The van der Waals surface area contributed by atoms with Crippen molar-refractivity contribution in [3.05, 3.63) is 34.6 Å². The number of amides is 1. The molecule has 1 atom stereocenters. The van der Waals surface area contributed by atoms with Gasteiger partial charge in [-0.1, -0.05) is 23.9 Å². The summed E-state index contributed by atoms with van der Waals surface area (Å²) in [6, 6.07) is 6.92. The monoisotopic (exact) mass is 335 g/mol. The van der Waals surface area contributed by atoms with Gasteiger partial charge in [-0.25, -0.2) is 4.98 Å². The van der Waals surface area contributed by atoms with Crippen LogP contribution < -0.4 is 11.3 Å². The second kappa shape index (κ2) is 7.28. The summed E-state index contributed by atoms with van der Waals surface area (Å²) in [5, 5.41) is 0.254. The Bertz CT molecular complexity index is 803. The number of carbonyl (C=O) groups is 2. The first-order valence-electron chi connectivity index (χ1n) is 6.96. The first kappa shape index (κ1) is 17.0. The number of primary amides is 1. The molecule has 0 aliphatic heterocycles. The number of benzene rings is 1. The average Bonchev–Trinajstić information content (AvgIpc) is 2.54. The number of nitrogens with two attached hydrogens (primary N) is 1. The highest BCUT2D eigenvalue weighted by atomic mass is 32.2. The van der Waals surface area contributed by atoms with Crippen molar-refractivity contribution in [2.75, 3.05) is 7.11 Å². The van der Waals surface area contributed by atoms with E-state index < -0.39 is 17.1 Å². The standard InChI is InChI=1S/C15H17N3O4S/c1-9(13(16)20)23-15-17-11-6-4-3-5-10(11)14(21)18(15)8-7-12(19)22-2/h3-6,9H,7-8H2,1-2H3,(H2,16,20)/t9-/m1/s1. The largest absolute Gasteiger partial charge is 0.469 e. The van der Waals surface area contributed by atoms with E-state index in [0.29, 0.717) is 16.1 Å². The maximum absolute atomic E-state index is 12.6. The van der Waals surface area contributed by atoms with Crippen LogP contribution in [0.15, 0.2) is 34.2 Å². The number of thioether (sulfide) groups is 1.